The van der Waals surface area contributed by atoms with Gasteiger partial charge in [-0.2, -0.15) is 0 Å². The molecule has 5 heteroatoms. The van der Waals surface area contributed by atoms with Gasteiger partial charge in [0.05, 0.1) is 5.75 Å². The van der Waals surface area contributed by atoms with Crippen LogP contribution < -0.4 is 5.32 Å². The van der Waals surface area contributed by atoms with Crippen LogP contribution in [0.2, 0.25) is 0 Å². The molecule has 0 spiro atoms. The first-order chi connectivity index (χ1) is 14.0. The zero-order chi connectivity index (χ0) is 21.1. The smallest absolute Gasteiger partial charge is 0.242 e. The third-order valence-corrected chi connectivity index (χ3v) is 5.76. The molecule has 0 bridgehead atoms. The van der Waals surface area contributed by atoms with Crippen LogP contribution in [0, 0.1) is 6.92 Å². The van der Waals surface area contributed by atoms with Crippen LogP contribution in [0.15, 0.2) is 54.6 Å². The summed E-state index contributed by atoms with van der Waals surface area (Å²) in [6, 6.07) is 17.7. The first kappa shape index (κ1) is 23.0. The molecule has 29 heavy (non-hydrogen) atoms. The fourth-order valence-corrected chi connectivity index (χ4v) is 3.91. The second-order valence-electron chi connectivity index (χ2n) is 7.31. The maximum absolute atomic E-state index is 13.0. The summed E-state index contributed by atoms with van der Waals surface area (Å²) in [6.45, 7) is 7.03. The van der Waals surface area contributed by atoms with Crippen molar-refractivity contribution in [1.29, 1.82) is 0 Å². The van der Waals surface area contributed by atoms with E-state index in [1.165, 1.54) is 5.56 Å². The molecule has 0 saturated carbocycles. The lowest BCUT2D eigenvalue weighted by Gasteiger charge is -2.29. The molecule has 4 nitrogen and oxygen atoms in total. The largest absolute Gasteiger partial charge is 0.354 e. The van der Waals surface area contributed by atoms with Crippen molar-refractivity contribution in [1.82, 2.24) is 10.2 Å². The number of nitrogens with one attached hydrogen (secondary N) is 1. The summed E-state index contributed by atoms with van der Waals surface area (Å²) in [5.74, 6) is 1.04. The highest BCUT2D eigenvalue weighted by atomic mass is 32.2. The Balaban J connectivity index is 2.03. The topological polar surface area (TPSA) is 49.4 Å². The molecule has 2 aromatic rings. The molecule has 0 aliphatic rings. The molecule has 0 unspecified atom stereocenters. The first-order valence-corrected chi connectivity index (χ1v) is 11.4. The lowest BCUT2D eigenvalue weighted by atomic mass is 10.1. The van der Waals surface area contributed by atoms with E-state index in [1.807, 2.05) is 50.2 Å². The van der Waals surface area contributed by atoms with Crippen LogP contribution in [0.5, 0.6) is 0 Å². The van der Waals surface area contributed by atoms with E-state index in [2.05, 4.69) is 30.4 Å². The minimum absolute atomic E-state index is 0.00872. The Morgan fingerprint density at radius 3 is 2.48 bits per heavy atom. The molecule has 0 saturated heterocycles. The van der Waals surface area contributed by atoms with Crippen molar-refractivity contribution in [3.63, 3.8) is 0 Å². The van der Waals surface area contributed by atoms with Crippen LogP contribution in [-0.4, -0.2) is 35.1 Å². The average Bonchev–Trinajstić information content (AvgIpc) is 2.72. The van der Waals surface area contributed by atoms with E-state index in [4.69, 9.17) is 0 Å². The summed E-state index contributed by atoms with van der Waals surface area (Å²) in [4.78, 5) is 27.3. The van der Waals surface area contributed by atoms with E-state index in [9.17, 15) is 9.59 Å². The molecule has 0 aliphatic heterocycles. The summed E-state index contributed by atoms with van der Waals surface area (Å²) < 4.78 is 0. The number of thioether (sulfide) groups is 1. The van der Waals surface area contributed by atoms with Crippen molar-refractivity contribution >= 4 is 23.6 Å². The standard InChI is InChI=1S/C24H32N2O2S/c1-4-5-14-25-24(28)20(3)26(16-22-13-9-10-19(2)15-22)23(27)18-29-17-21-11-7-6-8-12-21/h6-13,15,20H,4-5,14,16-18H2,1-3H3,(H,25,28)/t20-/m1/s1. The molecule has 0 heterocycles. The monoisotopic (exact) mass is 412 g/mol. The minimum atomic E-state index is -0.503. The molecule has 2 rings (SSSR count). The SMILES string of the molecule is CCCCNC(=O)[C@@H](C)N(Cc1cccc(C)c1)C(=O)CSCc1ccccc1. The summed E-state index contributed by atoms with van der Waals surface area (Å²) >= 11 is 1.58. The molecule has 2 aromatic carbocycles. The Hall–Kier alpha value is -2.27. The second-order valence-corrected chi connectivity index (χ2v) is 8.30. The van der Waals surface area contributed by atoms with Crippen LogP contribution in [0.1, 0.15) is 43.4 Å². The van der Waals surface area contributed by atoms with Gasteiger partial charge in [-0.15, -0.1) is 11.8 Å². The van der Waals surface area contributed by atoms with Crippen LogP contribution in [0.3, 0.4) is 0 Å². The fourth-order valence-electron chi connectivity index (χ4n) is 3.04. The average molecular weight is 413 g/mol. The number of carbonyl (C=O) groups excluding carboxylic acids is 2. The molecule has 2 amide bonds. The van der Waals surface area contributed by atoms with E-state index in [0.717, 1.165) is 29.7 Å². The molecule has 0 radical (unpaired) electrons. The van der Waals surface area contributed by atoms with Crippen molar-refractivity contribution in [2.75, 3.05) is 12.3 Å². The summed E-state index contributed by atoms with van der Waals surface area (Å²) in [5, 5.41) is 2.96. The number of rotatable bonds is 11. The minimum Gasteiger partial charge on any atom is -0.354 e. The summed E-state index contributed by atoms with van der Waals surface area (Å²) in [6.07, 6.45) is 1.97. The number of nitrogens with zero attached hydrogens (tertiary/aromatic N) is 1. The van der Waals surface area contributed by atoms with Gasteiger partial charge in [-0.05, 0) is 31.4 Å². The normalized spacial score (nSPS) is 11.7. The van der Waals surface area contributed by atoms with Crippen molar-refractivity contribution in [2.45, 2.75) is 52.0 Å². The molecular weight excluding hydrogens is 380 g/mol. The maximum Gasteiger partial charge on any atom is 0.242 e. The first-order valence-electron chi connectivity index (χ1n) is 10.3. The fraction of sp³-hybridized carbons (Fsp3) is 0.417. The second kappa shape index (κ2) is 12.3. The van der Waals surface area contributed by atoms with Crippen LogP contribution in [0.4, 0.5) is 0 Å². The van der Waals surface area contributed by atoms with Crippen molar-refractivity contribution < 1.29 is 9.59 Å². The van der Waals surface area contributed by atoms with Gasteiger partial charge in [0, 0.05) is 18.8 Å². The molecule has 0 fully saturated rings. The Morgan fingerprint density at radius 1 is 1.07 bits per heavy atom. The van der Waals surface area contributed by atoms with Crippen molar-refractivity contribution in [3.05, 3.63) is 71.3 Å². The van der Waals surface area contributed by atoms with Gasteiger partial charge in [-0.1, -0.05) is 73.5 Å². The van der Waals surface area contributed by atoms with Gasteiger partial charge in [0.2, 0.25) is 11.8 Å². The highest BCUT2D eigenvalue weighted by Gasteiger charge is 2.25. The molecule has 1 atom stereocenters. The van der Waals surface area contributed by atoms with Crippen LogP contribution in [0.25, 0.3) is 0 Å². The predicted molar refractivity (Wildman–Crippen MR) is 122 cm³/mol. The van der Waals surface area contributed by atoms with E-state index >= 15 is 0 Å². The van der Waals surface area contributed by atoms with Gasteiger partial charge >= 0.3 is 0 Å². The predicted octanol–water partition coefficient (Wildman–Crippen LogP) is 4.56. The Kier molecular flexibility index (Phi) is 9.78. The van der Waals surface area contributed by atoms with Crippen molar-refractivity contribution in [3.8, 4) is 0 Å². The number of amides is 2. The van der Waals surface area contributed by atoms with Gasteiger partial charge in [0.25, 0.3) is 0 Å². The highest BCUT2D eigenvalue weighted by Crippen LogP contribution is 2.16. The molecule has 0 aliphatic carbocycles. The van der Waals surface area contributed by atoms with Gasteiger partial charge in [0.1, 0.15) is 6.04 Å². The van der Waals surface area contributed by atoms with E-state index in [-0.39, 0.29) is 11.8 Å². The van der Waals surface area contributed by atoms with E-state index in [0.29, 0.717) is 18.8 Å². The van der Waals surface area contributed by atoms with Crippen LogP contribution in [-0.2, 0) is 21.9 Å². The van der Waals surface area contributed by atoms with Gasteiger partial charge in [-0.3, -0.25) is 9.59 Å². The summed E-state index contributed by atoms with van der Waals surface area (Å²) in [7, 11) is 0. The molecule has 0 aromatic heterocycles. The number of benzene rings is 2. The third-order valence-electron chi connectivity index (χ3n) is 4.77. The molecule has 1 N–H and O–H groups in total. The Labute approximate surface area is 179 Å². The molecule has 156 valence electrons. The van der Waals surface area contributed by atoms with E-state index < -0.39 is 6.04 Å². The number of hydrogen-bond donors (Lipinski definition) is 1. The third kappa shape index (κ3) is 7.94. The lowest BCUT2D eigenvalue weighted by Crippen LogP contribution is -2.48. The lowest BCUT2D eigenvalue weighted by molar-refractivity contribution is -0.138. The Bertz CT molecular complexity index is 779. The summed E-state index contributed by atoms with van der Waals surface area (Å²) in [5.41, 5.74) is 3.38. The zero-order valence-corrected chi connectivity index (χ0v) is 18.5. The Morgan fingerprint density at radius 2 is 1.79 bits per heavy atom. The van der Waals surface area contributed by atoms with Gasteiger partial charge < -0.3 is 10.2 Å². The number of unbranched alkanes of at least 4 members (excludes halogenated alkanes) is 1. The number of hydrogen-bond acceptors (Lipinski definition) is 3. The zero-order valence-electron chi connectivity index (χ0n) is 17.7. The van der Waals surface area contributed by atoms with Gasteiger partial charge in [0.15, 0.2) is 0 Å². The number of carbonyl (C=O) groups is 2. The molecular formula is C24H32N2O2S. The number of aryl methyl sites for hydroxylation is 1. The van der Waals surface area contributed by atoms with Crippen LogP contribution >= 0.6 is 11.8 Å². The highest BCUT2D eigenvalue weighted by molar-refractivity contribution is 7.99. The maximum atomic E-state index is 13.0. The van der Waals surface area contributed by atoms with E-state index in [1.54, 1.807) is 16.7 Å². The van der Waals surface area contributed by atoms with Crippen molar-refractivity contribution in [2.24, 2.45) is 0 Å². The van der Waals surface area contributed by atoms with Gasteiger partial charge in [-0.25, -0.2) is 0 Å². The quantitative estimate of drug-likeness (QED) is 0.550.